The highest BCUT2D eigenvalue weighted by Gasteiger charge is 2.06. The molecule has 0 spiro atoms. The Bertz CT molecular complexity index is 1030. The molecule has 0 saturated heterocycles. The van der Waals surface area contributed by atoms with Crippen LogP contribution in [0.25, 0.3) is 22.0 Å². The van der Waals surface area contributed by atoms with Crippen LogP contribution in [-0.4, -0.2) is 19.9 Å². The molecule has 0 aliphatic carbocycles. The second-order valence-corrected chi connectivity index (χ2v) is 6.81. The molecule has 26 heavy (non-hydrogen) atoms. The lowest BCUT2D eigenvalue weighted by molar-refractivity contribution is 1.11. The van der Waals surface area contributed by atoms with Crippen molar-refractivity contribution >= 4 is 22.8 Å². The van der Waals surface area contributed by atoms with Gasteiger partial charge in [-0.3, -0.25) is 4.98 Å². The van der Waals surface area contributed by atoms with E-state index in [9.17, 15) is 0 Å². The summed E-state index contributed by atoms with van der Waals surface area (Å²) in [6.07, 6.45) is 3.49. The van der Waals surface area contributed by atoms with Gasteiger partial charge in [0.2, 0.25) is 0 Å². The third-order valence-electron chi connectivity index (χ3n) is 3.82. The van der Waals surface area contributed by atoms with E-state index in [1.807, 2.05) is 44.2 Å². The molecular formula is C20H17N5S. The molecule has 1 N–H and O–H groups in total. The van der Waals surface area contributed by atoms with Crippen molar-refractivity contribution in [3.05, 3.63) is 71.6 Å². The maximum atomic E-state index is 4.62. The highest BCUT2D eigenvalue weighted by Crippen LogP contribution is 2.26. The maximum absolute atomic E-state index is 4.62. The molecular weight excluding hydrogens is 342 g/mol. The lowest BCUT2D eigenvalue weighted by Gasteiger charge is -2.09. The van der Waals surface area contributed by atoms with Crippen LogP contribution in [0, 0.1) is 13.8 Å². The van der Waals surface area contributed by atoms with Crippen LogP contribution < -0.4 is 5.32 Å². The summed E-state index contributed by atoms with van der Waals surface area (Å²) < 4.78 is 0. The molecule has 0 bridgehead atoms. The van der Waals surface area contributed by atoms with E-state index in [0.717, 1.165) is 39.0 Å². The zero-order valence-corrected chi connectivity index (χ0v) is 15.3. The molecule has 0 radical (unpaired) electrons. The number of aromatic nitrogens is 4. The molecule has 0 saturated carbocycles. The van der Waals surface area contributed by atoms with Gasteiger partial charge >= 0.3 is 0 Å². The van der Waals surface area contributed by atoms with Gasteiger partial charge in [-0.05, 0) is 50.2 Å². The number of benzene rings is 1. The quantitative estimate of drug-likeness (QED) is 0.554. The summed E-state index contributed by atoms with van der Waals surface area (Å²) in [4.78, 5) is 17.7. The van der Waals surface area contributed by atoms with Gasteiger partial charge in [0.05, 0.1) is 0 Å². The first-order chi connectivity index (χ1) is 12.7. The summed E-state index contributed by atoms with van der Waals surface area (Å²) >= 11 is 1.66. The predicted molar refractivity (Wildman–Crippen MR) is 106 cm³/mol. The second-order valence-electron chi connectivity index (χ2n) is 5.95. The van der Waals surface area contributed by atoms with E-state index >= 15 is 0 Å². The molecule has 0 unspecified atom stereocenters. The molecule has 0 atom stereocenters. The van der Waals surface area contributed by atoms with E-state index < -0.39 is 0 Å². The zero-order valence-electron chi connectivity index (χ0n) is 14.5. The molecule has 4 rings (SSSR count). The Morgan fingerprint density at radius 2 is 1.58 bits per heavy atom. The van der Waals surface area contributed by atoms with Crippen molar-refractivity contribution in [1.82, 2.24) is 19.9 Å². The van der Waals surface area contributed by atoms with Gasteiger partial charge in [0, 0.05) is 52.0 Å². The minimum Gasteiger partial charge on any atom is -0.340 e. The van der Waals surface area contributed by atoms with Crippen LogP contribution in [0.4, 0.5) is 11.5 Å². The fraction of sp³-hybridized carbons (Fsp3) is 0.100. The summed E-state index contributed by atoms with van der Waals surface area (Å²) in [5, 5.41) is 6.45. The number of anilines is 2. The topological polar surface area (TPSA) is 63.6 Å². The van der Waals surface area contributed by atoms with Gasteiger partial charge in [-0.2, -0.15) is 0 Å². The molecule has 4 aromatic rings. The van der Waals surface area contributed by atoms with Crippen molar-refractivity contribution in [3.8, 4) is 22.0 Å². The minimum absolute atomic E-state index is 0.685. The van der Waals surface area contributed by atoms with Gasteiger partial charge in [0.25, 0.3) is 0 Å². The highest BCUT2D eigenvalue weighted by atomic mass is 32.1. The molecule has 6 heteroatoms. The van der Waals surface area contributed by atoms with Gasteiger partial charge in [0.1, 0.15) is 10.8 Å². The molecule has 5 nitrogen and oxygen atoms in total. The smallest absolute Gasteiger partial charge is 0.161 e. The SMILES string of the molecule is Cc1cc(Nc2ccc(-c3nc(C)cs3)cc2)nc(-c2ccncc2)n1. The Morgan fingerprint density at radius 3 is 2.27 bits per heavy atom. The largest absolute Gasteiger partial charge is 0.340 e. The lowest BCUT2D eigenvalue weighted by atomic mass is 10.2. The first-order valence-corrected chi connectivity index (χ1v) is 9.11. The molecule has 0 fully saturated rings. The lowest BCUT2D eigenvalue weighted by Crippen LogP contribution is -1.99. The van der Waals surface area contributed by atoms with Gasteiger partial charge in [-0.15, -0.1) is 11.3 Å². The first kappa shape index (κ1) is 16.4. The standard InChI is InChI=1S/C20H17N5S/c1-13-11-18(25-19(22-13)15-7-9-21-10-8-15)24-17-5-3-16(4-6-17)20-23-14(2)12-26-20/h3-12H,1-2H3,(H,22,24,25). The second kappa shape index (κ2) is 7.01. The van der Waals surface area contributed by atoms with Crippen molar-refractivity contribution in [2.45, 2.75) is 13.8 Å². The fourth-order valence-corrected chi connectivity index (χ4v) is 3.40. The normalized spacial score (nSPS) is 10.7. The Balaban J connectivity index is 1.58. The Morgan fingerprint density at radius 1 is 0.808 bits per heavy atom. The van der Waals surface area contributed by atoms with Crippen molar-refractivity contribution in [1.29, 1.82) is 0 Å². The van der Waals surface area contributed by atoms with E-state index in [4.69, 9.17) is 0 Å². The van der Waals surface area contributed by atoms with Crippen LogP contribution in [0.15, 0.2) is 60.2 Å². The highest BCUT2D eigenvalue weighted by molar-refractivity contribution is 7.13. The molecule has 1 aromatic carbocycles. The third-order valence-corrected chi connectivity index (χ3v) is 4.83. The number of aryl methyl sites for hydroxylation is 2. The van der Waals surface area contributed by atoms with Crippen molar-refractivity contribution in [2.75, 3.05) is 5.32 Å². The van der Waals surface area contributed by atoms with Crippen LogP contribution in [-0.2, 0) is 0 Å². The summed E-state index contributed by atoms with van der Waals surface area (Å²) in [5.74, 6) is 1.45. The van der Waals surface area contributed by atoms with E-state index in [1.54, 1.807) is 23.7 Å². The Hall–Kier alpha value is -3.12. The summed E-state index contributed by atoms with van der Waals surface area (Å²) in [6.45, 7) is 3.97. The average Bonchev–Trinajstić information content (AvgIpc) is 3.09. The monoisotopic (exact) mass is 359 g/mol. The number of hydrogen-bond acceptors (Lipinski definition) is 6. The summed E-state index contributed by atoms with van der Waals surface area (Å²) in [7, 11) is 0. The number of rotatable bonds is 4. The van der Waals surface area contributed by atoms with Gasteiger partial charge in [0.15, 0.2) is 5.82 Å². The van der Waals surface area contributed by atoms with Crippen LogP contribution >= 0.6 is 11.3 Å². The van der Waals surface area contributed by atoms with Crippen molar-refractivity contribution < 1.29 is 0 Å². The zero-order chi connectivity index (χ0) is 17.9. The number of thiazole rings is 1. The van der Waals surface area contributed by atoms with Crippen molar-refractivity contribution in [2.24, 2.45) is 0 Å². The van der Waals surface area contributed by atoms with Gasteiger partial charge in [-0.1, -0.05) is 0 Å². The first-order valence-electron chi connectivity index (χ1n) is 8.23. The molecule has 0 aliphatic rings. The van der Waals surface area contributed by atoms with E-state index in [1.165, 1.54) is 0 Å². The van der Waals surface area contributed by atoms with Gasteiger partial charge < -0.3 is 5.32 Å². The molecule has 128 valence electrons. The van der Waals surface area contributed by atoms with Crippen LogP contribution in [0.2, 0.25) is 0 Å². The van der Waals surface area contributed by atoms with E-state index in [0.29, 0.717) is 5.82 Å². The summed E-state index contributed by atoms with van der Waals surface area (Å²) in [5.41, 5.74) is 4.99. The third kappa shape index (κ3) is 3.60. The Kier molecular flexibility index (Phi) is 4.41. The summed E-state index contributed by atoms with van der Waals surface area (Å²) in [6, 6.07) is 14.0. The van der Waals surface area contributed by atoms with Crippen LogP contribution in [0.5, 0.6) is 0 Å². The maximum Gasteiger partial charge on any atom is 0.161 e. The molecule has 3 aromatic heterocycles. The minimum atomic E-state index is 0.685. The molecule has 0 aliphatic heterocycles. The van der Waals surface area contributed by atoms with Crippen LogP contribution in [0.3, 0.4) is 0 Å². The van der Waals surface area contributed by atoms with E-state index in [-0.39, 0.29) is 0 Å². The van der Waals surface area contributed by atoms with Crippen LogP contribution in [0.1, 0.15) is 11.4 Å². The number of nitrogens with one attached hydrogen (secondary N) is 1. The van der Waals surface area contributed by atoms with E-state index in [2.05, 4.69) is 42.8 Å². The van der Waals surface area contributed by atoms with Crippen molar-refractivity contribution in [3.63, 3.8) is 0 Å². The Labute approximate surface area is 155 Å². The number of hydrogen-bond donors (Lipinski definition) is 1. The number of pyridine rings is 1. The van der Waals surface area contributed by atoms with Gasteiger partial charge in [-0.25, -0.2) is 15.0 Å². The number of nitrogens with zero attached hydrogens (tertiary/aromatic N) is 4. The predicted octanol–water partition coefficient (Wildman–Crippen LogP) is 5.02. The average molecular weight is 359 g/mol. The molecule has 0 amide bonds. The fourth-order valence-electron chi connectivity index (χ4n) is 2.59. The molecule has 3 heterocycles.